The molecule has 0 aliphatic heterocycles. The predicted molar refractivity (Wildman–Crippen MR) is 79.0 cm³/mol. The summed E-state index contributed by atoms with van der Waals surface area (Å²) in [6.07, 6.45) is 3.83. The molecule has 100 valence electrons. The van der Waals surface area contributed by atoms with Crippen LogP contribution in [0.2, 0.25) is 5.02 Å². The Bertz CT molecular complexity index is 766. The Kier molecular flexibility index (Phi) is 3.39. The van der Waals surface area contributed by atoms with Gasteiger partial charge in [0.25, 0.3) is 0 Å². The van der Waals surface area contributed by atoms with Gasteiger partial charge in [-0.2, -0.15) is 0 Å². The Balaban J connectivity index is 1.76. The number of carbonyl (C=O) groups excluding carboxylic acids is 1. The van der Waals surface area contributed by atoms with Crippen LogP contribution >= 0.6 is 11.6 Å². The summed E-state index contributed by atoms with van der Waals surface area (Å²) >= 11 is 5.90. The number of halogens is 1. The van der Waals surface area contributed by atoms with Crippen molar-refractivity contribution in [2.24, 2.45) is 0 Å². The number of amides is 1. The number of anilines is 1. The van der Waals surface area contributed by atoms with E-state index in [0.29, 0.717) is 10.8 Å². The van der Waals surface area contributed by atoms with Crippen LogP contribution in [0.15, 0.2) is 55.0 Å². The van der Waals surface area contributed by atoms with Crippen LogP contribution in [-0.2, 0) is 11.2 Å². The molecule has 1 N–H and O–H groups in total. The van der Waals surface area contributed by atoms with Crippen LogP contribution in [0, 0.1) is 0 Å². The average Bonchev–Trinajstić information content (AvgIpc) is 2.82. The summed E-state index contributed by atoms with van der Waals surface area (Å²) < 4.78 is 1.86. The van der Waals surface area contributed by atoms with E-state index in [1.54, 1.807) is 18.5 Å². The highest BCUT2D eigenvalue weighted by molar-refractivity contribution is 6.30. The lowest BCUT2D eigenvalue weighted by Gasteiger charge is -2.03. The summed E-state index contributed by atoms with van der Waals surface area (Å²) in [7, 11) is 0. The van der Waals surface area contributed by atoms with Gasteiger partial charge in [0.05, 0.1) is 11.9 Å². The second-order valence-electron chi connectivity index (χ2n) is 4.44. The summed E-state index contributed by atoms with van der Waals surface area (Å²) in [5.74, 6) is 0.453. The van der Waals surface area contributed by atoms with Crippen LogP contribution in [-0.4, -0.2) is 15.3 Å². The average molecular weight is 286 g/mol. The summed E-state index contributed by atoms with van der Waals surface area (Å²) in [5, 5.41) is 3.45. The zero-order valence-corrected chi connectivity index (χ0v) is 11.3. The summed E-state index contributed by atoms with van der Waals surface area (Å²) in [4.78, 5) is 16.2. The van der Waals surface area contributed by atoms with Gasteiger partial charge in [-0.1, -0.05) is 29.8 Å². The zero-order chi connectivity index (χ0) is 13.9. The molecule has 0 aliphatic carbocycles. The number of nitrogens with one attached hydrogen (secondary N) is 1. The Morgan fingerprint density at radius 1 is 1.25 bits per heavy atom. The topological polar surface area (TPSA) is 46.4 Å². The molecule has 0 fully saturated rings. The molecule has 3 aromatic rings. The molecule has 0 saturated carbocycles. The van der Waals surface area contributed by atoms with Gasteiger partial charge < -0.3 is 9.72 Å². The number of aromatic nitrogens is 2. The Labute approximate surface area is 121 Å². The van der Waals surface area contributed by atoms with Gasteiger partial charge in [-0.3, -0.25) is 4.79 Å². The molecule has 0 atom stereocenters. The second-order valence-corrected chi connectivity index (χ2v) is 4.88. The normalized spacial score (nSPS) is 10.7. The molecule has 0 saturated heterocycles. The van der Waals surface area contributed by atoms with Gasteiger partial charge >= 0.3 is 0 Å². The molecule has 3 rings (SSSR count). The minimum Gasteiger partial charge on any atom is -0.309 e. The number of rotatable bonds is 3. The van der Waals surface area contributed by atoms with Crippen molar-refractivity contribution in [3.05, 3.63) is 65.6 Å². The van der Waals surface area contributed by atoms with Crippen molar-refractivity contribution in [3.63, 3.8) is 0 Å². The number of fused-ring (bicyclic) bond motifs is 1. The number of nitrogens with zero attached hydrogens (tertiary/aromatic N) is 2. The molecule has 1 amide bonds. The maximum absolute atomic E-state index is 12.0. The minimum atomic E-state index is -0.114. The van der Waals surface area contributed by atoms with Crippen LogP contribution in [0.3, 0.4) is 0 Å². The monoisotopic (exact) mass is 285 g/mol. The number of hydrogen-bond donors (Lipinski definition) is 1. The van der Waals surface area contributed by atoms with E-state index in [1.165, 1.54) is 0 Å². The number of pyridine rings is 1. The molecule has 5 heteroatoms. The first-order chi connectivity index (χ1) is 9.72. The molecular formula is C15H12ClN3O. The third-order valence-corrected chi connectivity index (χ3v) is 3.19. The van der Waals surface area contributed by atoms with Gasteiger partial charge in [0, 0.05) is 11.2 Å². The van der Waals surface area contributed by atoms with Gasteiger partial charge in [-0.15, -0.1) is 0 Å². The lowest BCUT2D eigenvalue weighted by molar-refractivity contribution is -0.115. The van der Waals surface area contributed by atoms with Gasteiger partial charge in [0.15, 0.2) is 5.82 Å². The van der Waals surface area contributed by atoms with Crippen LogP contribution in [0.1, 0.15) is 5.56 Å². The molecule has 2 heterocycles. The highest BCUT2D eigenvalue weighted by Crippen LogP contribution is 2.15. The third kappa shape index (κ3) is 2.65. The van der Waals surface area contributed by atoms with Crippen molar-refractivity contribution >= 4 is 28.8 Å². The first kappa shape index (κ1) is 12.7. The standard InChI is InChI=1S/C15H12ClN3O/c16-12-5-3-4-11(8-12)9-14(20)18-15-13-6-1-2-7-19(13)10-17-15/h1-8,10H,9H2,(H,18,20). The lowest BCUT2D eigenvalue weighted by Crippen LogP contribution is -2.14. The van der Waals surface area contributed by atoms with E-state index in [0.717, 1.165) is 11.1 Å². The molecule has 0 aliphatic rings. The van der Waals surface area contributed by atoms with Gasteiger partial charge in [-0.25, -0.2) is 4.98 Å². The largest absolute Gasteiger partial charge is 0.309 e. The molecule has 0 bridgehead atoms. The quantitative estimate of drug-likeness (QED) is 0.803. The van der Waals surface area contributed by atoms with Gasteiger partial charge in [-0.05, 0) is 29.8 Å². The second kappa shape index (κ2) is 5.35. The Morgan fingerprint density at radius 2 is 2.15 bits per heavy atom. The molecular weight excluding hydrogens is 274 g/mol. The van der Waals surface area contributed by atoms with E-state index in [1.807, 2.05) is 40.9 Å². The van der Waals surface area contributed by atoms with Gasteiger partial charge in [0.1, 0.15) is 6.33 Å². The van der Waals surface area contributed by atoms with Crippen LogP contribution in [0.25, 0.3) is 5.52 Å². The molecule has 0 radical (unpaired) electrons. The first-order valence-electron chi connectivity index (χ1n) is 6.18. The van der Waals surface area contributed by atoms with E-state index in [4.69, 9.17) is 11.6 Å². The molecule has 0 unspecified atom stereocenters. The van der Waals surface area contributed by atoms with Crippen molar-refractivity contribution in [2.75, 3.05) is 5.32 Å². The smallest absolute Gasteiger partial charge is 0.230 e. The van der Waals surface area contributed by atoms with E-state index in [-0.39, 0.29) is 12.3 Å². The lowest BCUT2D eigenvalue weighted by atomic mass is 10.1. The maximum atomic E-state index is 12.0. The Hall–Kier alpha value is -2.33. The van der Waals surface area contributed by atoms with Crippen molar-refractivity contribution in [2.45, 2.75) is 6.42 Å². The molecule has 1 aromatic carbocycles. The number of hydrogen-bond acceptors (Lipinski definition) is 2. The highest BCUT2D eigenvalue weighted by Gasteiger charge is 2.09. The zero-order valence-electron chi connectivity index (χ0n) is 10.6. The van der Waals surface area contributed by atoms with E-state index in [2.05, 4.69) is 10.3 Å². The molecule has 4 nitrogen and oxygen atoms in total. The SMILES string of the molecule is O=C(Cc1cccc(Cl)c1)Nc1ncn2ccccc12. The third-order valence-electron chi connectivity index (χ3n) is 2.96. The summed E-state index contributed by atoms with van der Waals surface area (Å²) in [6.45, 7) is 0. The van der Waals surface area contributed by atoms with E-state index < -0.39 is 0 Å². The minimum absolute atomic E-state index is 0.114. The fourth-order valence-electron chi connectivity index (χ4n) is 2.05. The fraction of sp³-hybridized carbons (Fsp3) is 0.0667. The number of benzene rings is 1. The van der Waals surface area contributed by atoms with Crippen LogP contribution in [0.4, 0.5) is 5.82 Å². The predicted octanol–water partition coefficient (Wildman–Crippen LogP) is 3.17. The van der Waals surface area contributed by atoms with Crippen molar-refractivity contribution < 1.29 is 4.79 Å². The van der Waals surface area contributed by atoms with Gasteiger partial charge in [0.2, 0.25) is 5.91 Å². The van der Waals surface area contributed by atoms with Crippen molar-refractivity contribution in [3.8, 4) is 0 Å². The van der Waals surface area contributed by atoms with Crippen LogP contribution in [0.5, 0.6) is 0 Å². The molecule has 2 aromatic heterocycles. The summed E-state index contributed by atoms with van der Waals surface area (Å²) in [5.41, 5.74) is 1.74. The highest BCUT2D eigenvalue weighted by atomic mass is 35.5. The number of carbonyl (C=O) groups is 1. The Morgan fingerprint density at radius 3 is 3.00 bits per heavy atom. The van der Waals surface area contributed by atoms with Crippen molar-refractivity contribution in [1.82, 2.24) is 9.38 Å². The van der Waals surface area contributed by atoms with E-state index in [9.17, 15) is 4.79 Å². The first-order valence-corrected chi connectivity index (χ1v) is 6.56. The molecule has 20 heavy (non-hydrogen) atoms. The maximum Gasteiger partial charge on any atom is 0.230 e. The van der Waals surface area contributed by atoms with E-state index >= 15 is 0 Å². The molecule has 0 spiro atoms. The van der Waals surface area contributed by atoms with Crippen LogP contribution < -0.4 is 5.32 Å². The van der Waals surface area contributed by atoms with Crippen molar-refractivity contribution in [1.29, 1.82) is 0 Å². The summed E-state index contributed by atoms with van der Waals surface area (Å²) in [6, 6.07) is 13.0. The fourth-order valence-corrected chi connectivity index (χ4v) is 2.26. The number of imidazole rings is 1.